The lowest BCUT2D eigenvalue weighted by Gasteiger charge is -2.02. The second-order valence-corrected chi connectivity index (χ2v) is 5.31. The second-order valence-electron chi connectivity index (χ2n) is 3.61. The first-order valence-corrected chi connectivity index (χ1v) is 6.87. The average Bonchev–Trinajstić information content (AvgIpc) is 2.99. The van der Waals surface area contributed by atoms with E-state index in [0.29, 0.717) is 12.2 Å². The maximum atomic E-state index is 11.8. The number of nitrogens with two attached hydrogens (primary N) is 1. The van der Waals surface area contributed by atoms with Gasteiger partial charge in [-0.2, -0.15) is 0 Å². The minimum absolute atomic E-state index is 0.123. The number of aromatic amines is 1. The summed E-state index contributed by atoms with van der Waals surface area (Å²) in [5.41, 5.74) is 5.35. The molecule has 18 heavy (non-hydrogen) atoms. The van der Waals surface area contributed by atoms with Gasteiger partial charge in [0, 0.05) is 25.4 Å². The lowest BCUT2D eigenvalue weighted by Crippen LogP contribution is -2.25. The van der Waals surface area contributed by atoms with Crippen molar-refractivity contribution in [1.29, 1.82) is 0 Å². The average molecular weight is 270 g/mol. The number of aromatic nitrogens is 2. The van der Waals surface area contributed by atoms with Crippen LogP contribution in [0.15, 0.2) is 34.0 Å². The first-order chi connectivity index (χ1) is 8.62. The number of rotatable bonds is 6. The van der Waals surface area contributed by atoms with Crippen molar-refractivity contribution in [2.24, 2.45) is 5.73 Å². The topological polar surface area (TPSA) is 114 Å². The Hall–Kier alpha value is -1.64. The summed E-state index contributed by atoms with van der Waals surface area (Å²) < 4.78 is 31.1. The van der Waals surface area contributed by atoms with Gasteiger partial charge < -0.3 is 15.1 Å². The van der Waals surface area contributed by atoms with Crippen LogP contribution in [0.3, 0.4) is 0 Å². The van der Waals surface area contributed by atoms with Crippen molar-refractivity contribution in [3.8, 4) is 0 Å². The molecule has 0 aromatic carbocycles. The molecule has 2 heterocycles. The van der Waals surface area contributed by atoms with Crippen molar-refractivity contribution in [1.82, 2.24) is 14.7 Å². The molecule has 0 saturated heterocycles. The number of hydrogen-bond acceptors (Lipinski definition) is 5. The van der Waals surface area contributed by atoms with Crippen LogP contribution in [0.25, 0.3) is 0 Å². The number of nitrogens with one attached hydrogen (secondary N) is 2. The molecule has 2 aromatic heterocycles. The summed E-state index contributed by atoms with van der Waals surface area (Å²) in [5.74, 6) is 1.15. The van der Waals surface area contributed by atoms with Gasteiger partial charge in [0.05, 0.1) is 6.54 Å². The van der Waals surface area contributed by atoms with E-state index in [0.717, 1.165) is 5.82 Å². The molecule has 0 fully saturated rings. The van der Waals surface area contributed by atoms with Crippen LogP contribution in [0, 0.1) is 0 Å². The van der Waals surface area contributed by atoms with Gasteiger partial charge in [-0.25, -0.2) is 18.1 Å². The molecule has 98 valence electrons. The molecular weight excluding hydrogens is 256 g/mol. The highest BCUT2D eigenvalue weighted by Crippen LogP contribution is 2.12. The van der Waals surface area contributed by atoms with E-state index in [1.807, 2.05) is 0 Å². The van der Waals surface area contributed by atoms with Gasteiger partial charge in [0.15, 0.2) is 0 Å². The molecule has 0 amide bonds. The number of sulfonamides is 1. The molecule has 8 heteroatoms. The Bertz CT molecular complexity index is 588. The SMILES string of the molecule is NCc1ccc(S(=O)(=O)NCCc2ncc[nH]2)o1. The Morgan fingerprint density at radius 2 is 2.28 bits per heavy atom. The van der Waals surface area contributed by atoms with Crippen LogP contribution >= 0.6 is 0 Å². The molecule has 0 saturated carbocycles. The van der Waals surface area contributed by atoms with Crippen molar-refractivity contribution in [2.45, 2.75) is 18.1 Å². The van der Waals surface area contributed by atoms with Crippen LogP contribution in [0.1, 0.15) is 11.6 Å². The summed E-state index contributed by atoms with van der Waals surface area (Å²) in [7, 11) is -3.62. The lowest BCUT2D eigenvalue weighted by atomic mass is 10.4. The number of nitrogens with zero attached hydrogens (tertiary/aromatic N) is 1. The first kappa shape index (κ1) is 12.8. The molecule has 7 nitrogen and oxygen atoms in total. The summed E-state index contributed by atoms with van der Waals surface area (Å²) in [6.07, 6.45) is 3.78. The maximum absolute atomic E-state index is 11.8. The molecule has 0 aliphatic carbocycles. The van der Waals surface area contributed by atoms with Crippen LogP contribution in [-0.2, 0) is 23.0 Å². The fourth-order valence-corrected chi connectivity index (χ4v) is 2.40. The Morgan fingerprint density at radius 3 is 2.89 bits per heavy atom. The van der Waals surface area contributed by atoms with Gasteiger partial charge >= 0.3 is 0 Å². The van der Waals surface area contributed by atoms with Crippen molar-refractivity contribution in [3.63, 3.8) is 0 Å². The van der Waals surface area contributed by atoms with Gasteiger partial charge in [-0.05, 0) is 12.1 Å². The van der Waals surface area contributed by atoms with Crippen LogP contribution < -0.4 is 10.5 Å². The molecule has 0 aliphatic rings. The molecule has 2 aromatic rings. The van der Waals surface area contributed by atoms with Crippen molar-refractivity contribution < 1.29 is 12.8 Å². The standard InChI is InChI=1S/C10H14N4O3S/c11-7-8-1-2-10(17-8)18(15,16)14-4-3-9-12-5-6-13-9/h1-2,5-6,14H,3-4,7,11H2,(H,12,13). The number of furan rings is 1. The molecular formula is C10H14N4O3S. The molecule has 0 radical (unpaired) electrons. The Kier molecular flexibility index (Phi) is 3.80. The van der Waals surface area contributed by atoms with E-state index in [-0.39, 0.29) is 18.2 Å². The van der Waals surface area contributed by atoms with Gasteiger partial charge in [-0.15, -0.1) is 0 Å². The van der Waals surface area contributed by atoms with E-state index in [9.17, 15) is 8.42 Å². The molecule has 0 spiro atoms. The minimum Gasteiger partial charge on any atom is -0.447 e. The summed E-state index contributed by atoms with van der Waals surface area (Å²) in [6.45, 7) is 0.413. The molecule has 0 aliphatic heterocycles. The van der Waals surface area contributed by atoms with Crippen LogP contribution in [0.2, 0.25) is 0 Å². The van der Waals surface area contributed by atoms with E-state index >= 15 is 0 Å². The van der Waals surface area contributed by atoms with E-state index in [4.69, 9.17) is 10.2 Å². The normalized spacial score (nSPS) is 11.8. The van der Waals surface area contributed by atoms with Crippen LogP contribution in [-0.4, -0.2) is 24.9 Å². The van der Waals surface area contributed by atoms with Gasteiger partial charge in [0.25, 0.3) is 10.0 Å². The molecule has 0 atom stereocenters. The second kappa shape index (κ2) is 5.34. The predicted molar refractivity (Wildman–Crippen MR) is 64.1 cm³/mol. The highest BCUT2D eigenvalue weighted by molar-refractivity contribution is 7.89. The highest BCUT2D eigenvalue weighted by Gasteiger charge is 2.17. The van der Waals surface area contributed by atoms with Crippen LogP contribution in [0.4, 0.5) is 0 Å². The zero-order chi connectivity index (χ0) is 13.0. The monoisotopic (exact) mass is 270 g/mol. The van der Waals surface area contributed by atoms with E-state index in [1.54, 1.807) is 18.5 Å². The summed E-state index contributed by atoms with van der Waals surface area (Å²) in [4.78, 5) is 6.89. The maximum Gasteiger partial charge on any atom is 0.273 e. The van der Waals surface area contributed by atoms with E-state index < -0.39 is 10.0 Å². The minimum atomic E-state index is -3.62. The van der Waals surface area contributed by atoms with Crippen LogP contribution in [0.5, 0.6) is 0 Å². The fourth-order valence-electron chi connectivity index (χ4n) is 1.42. The number of imidazole rings is 1. The zero-order valence-corrected chi connectivity index (χ0v) is 10.4. The lowest BCUT2D eigenvalue weighted by molar-refractivity contribution is 0.413. The zero-order valence-electron chi connectivity index (χ0n) is 9.59. The van der Waals surface area contributed by atoms with E-state index in [2.05, 4.69) is 14.7 Å². The number of H-pyrrole nitrogens is 1. The van der Waals surface area contributed by atoms with Gasteiger partial charge in [-0.3, -0.25) is 0 Å². The van der Waals surface area contributed by atoms with Crippen molar-refractivity contribution in [2.75, 3.05) is 6.54 Å². The van der Waals surface area contributed by atoms with E-state index in [1.165, 1.54) is 6.07 Å². The van der Waals surface area contributed by atoms with Gasteiger partial charge in [0.2, 0.25) is 5.09 Å². The van der Waals surface area contributed by atoms with Crippen molar-refractivity contribution in [3.05, 3.63) is 36.1 Å². The Balaban J connectivity index is 1.95. The third-order valence-corrected chi connectivity index (χ3v) is 3.65. The van der Waals surface area contributed by atoms with Crippen molar-refractivity contribution >= 4 is 10.0 Å². The van der Waals surface area contributed by atoms with Gasteiger partial charge in [0.1, 0.15) is 11.6 Å². The summed E-state index contributed by atoms with van der Waals surface area (Å²) in [5, 5.41) is -0.123. The quantitative estimate of drug-likeness (QED) is 0.682. The third kappa shape index (κ3) is 2.97. The molecule has 4 N–H and O–H groups in total. The fraction of sp³-hybridized carbons (Fsp3) is 0.300. The highest BCUT2D eigenvalue weighted by atomic mass is 32.2. The summed E-state index contributed by atoms with van der Waals surface area (Å²) >= 11 is 0. The largest absolute Gasteiger partial charge is 0.447 e. The van der Waals surface area contributed by atoms with Gasteiger partial charge in [-0.1, -0.05) is 0 Å². The third-order valence-electron chi connectivity index (χ3n) is 2.31. The summed E-state index contributed by atoms with van der Waals surface area (Å²) in [6, 6.07) is 2.93. The Morgan fingerprint density at radius 1 is 1.44 bits per heavy atom. The molecule has 0 unspecified atom stereocenters. The number of hydrogen-bond donors (Lipinski definition) is 3. The smallest absolute Gasteiger partial charge is 0.273 e. The molecule has 0 bridgehead atoms. The molecule has 2 rings (SSSR count). The first-order valence-electron chi connectivity index (χ1n) is 5.38. The predicted octanol–water partition coefficient (Wildman–Crippen LogP) is -0.0176. The Labute approximate surface area is 104 Å².